The van der Waals surface area contributed by atoms with Crippen molar-refractivity contribution in [1.29, 1.82) is 0 Å². The summed E-state index contributed by atoms with van der Waals surface area (Å²) < 4.78 is 5.80. The maximum Gasteiger partial charge on any atom is 0.265 e. The Morgan fingerprint density at radius 2 is 1.96 bits per heavy atom. The van der Waals surface area contributed by atoms with Crippen molar-refractivity contribution >= 4 is 11.6 Å². The molecule has 23 heavy (non-hydrogen) atoms. The van der Waals surface area contributed by atoms with Crippen LogP contribution in [-0.4, -0.2) is 23.7 Å². The van der Waals surface area contributed by atoms with Gasteiger partial charge in [-0.1, -0.05) is 31.2 Å². The number of carbonyl (C=O) groups excluding carboxylic acids is 1. The summed E-state index contributed by atoms with van der Waals surface area (Å²) in [7, 11) is 0. The maximum absolute atomic E-state index is 12.4. The van der Waals surface area contributed by atoms with Crippen molar-refractivity contribution in [3.8, 4) is 5.75 Å². The summed E-state index contributed by atoms with van der Waals surface area (Å²) in [5.74, 6) is 0.536. The summed E-state index contributed by atoms with van der Waals surface area (Å²) in [5.41, 5.74) is 2.86. The molecule has 0 fully saturated rings. The average molecular weight is 313 g/mol. The summed E-state index contributed by atoms with van der Waals surface area (Å²) in [6.07, 6.45) is 0.666. The van der Waals surface area contributed by atoms with E-state index in [1.54, 1.807) is 0 Å². The highest BCUT2D eigenvalue weighted by molar-refractivity contribution is 5.94. The van der Waals surface area contributed by atoms with Gasteiger partial charge >= 0.3 is 0 Å². The Hall–Kier alpha value is -2.33. The fourth-order valence-electron chi connectivity index (χ4n) is 2.28. The lowest BCUT2D eigenvalue weighted by atomic mass is 10.1. The molecular formula is C19H23NO3. The van der Waals surface area contributed by atoms with Crippen LogP contribution in [0.5, 0.6) is 5.75 Å². The number of anilines is 1. The van der Waals surface area contributed by atoms with Crippen LogP contribution in [0.15, 0.2) is 48.5 Å². The summed E-state index contributed by atoms with van der Waals surface area (Å²) in [4.78, 5) is 12.4. The molecule has 0 saturated carbocycles. The van der Waals surface area contributed by atoms with Crippen LogP contribution in [0.1, 0.15) is 24.5 Å². The van der Waals surface area contributed by atoms with E-state index >= 15 is 0 Å². The molecule has 1 unspecified atom stereocenters. The molecule has 1 amide bonds. The predicted molar refractivity (Wildman–Crippen MR) is 91.7 cm³/mol. The first kappa shape index (κ1) is 17.0. The summed E-state index contributed by atoms with van der Waals surface area (Å²) in [5, 5.41) is 11.8. The molecule has 0 aliphatic heterocycles. The molecule has 4 heteroatoms. The molecule has 2 rings (SSSR count). The standard InChI is InChI=1S/C19H23NO3/c1-3-18(23-17-6-4-5-14(2)13-17)19(22)20-16-9-7-15(8-10-16)11-12-21/h4-10,13,18,21H,3,11-12H2,1-2H3,(H,20,22). The van der Waals surface area contributed by atoms with E-state index < -0.39 is 6.10 Å². The third-order valence-electron chi connectivity index (χ3n) is 3.55. The van der Waals surface area contributed by atoms with E-state index in [-0.39, 0.29) is 12.5 Å². The van der Waals surface area contributed by atoms with Gasteiger partial charge in [0.1, 0.15) is 5.75 Å². The number of aliphatic hydroxyl groups excluding tert-OH is 1. The first-order valence-electron chi connectivity index (χ1n) is 7.86. The average Bonchev–Trinajstić information content (AvgIpc) is 2.54. The van der Waals surface area contributed by atoms with Gasteiger partial charge in [-0.2, -0.15) is 0 Å². The Morgan fingerprint density at radius 1 is 1.22 bits per heavy atom. The van der Waals surface area contributed by atoms with Crippen LogP contribution >= 0.6 is 0 Å². The molecule has 0 aliphatic rings. The van der Waals surface area contributed by atoms with Crippen molar-refractivity contribution in [2.24, 2.45) is 0 Å². The van der Waals surface area contributed by atoms with Gasteiger partial charge in [0.15, 0.2) is 6.10 Å². The van der Waals surface area contributed by atoms with Crippen molar-refractivity contribution in [2.75, 3.05) is 11.9 Å². The van der Waals surface area contributed by atoms with Crippen LogP contribution in [-0.2, 0) is 11.2 Å². The zero-order valence-corrected chi connectivity index (χ0v) is 13.6. The Kier molecular flexibility index (Phi) is 6.18. The van der Waals surface area contributed by atoms with Crippen LogP contribution in [0.2, 0.25) is 0 Å². The van der Waals surface area contributed by atoms with E-state index in [0.717, 1.165) is 16.8 Å². The van der Waals surface area contributed by atoms with E-state index in [1.165, 1.54) is 0 Å². The lowest BCUT2D eigenvalue weighted by Gasteiger charge is -2.17. The Labute approximate surface area is 137 Å². The topological polar surface area (TPSA) is 58.6 Å². The molecule has 2 aromatic rings. The van der Waals surface area contributed by atoms with Crippen LogP contribution in [0.4, 0.5) is 5.69 Å². The Balaban J connectivity index is 1.99. The second-order valence-corrected chi connectivity index (χ2v) is 5.49. The number of rotatable bonds is 7. The first-order chi connectivity index (χ1) is 11.1. The van der Waals surface area contributed by atoms with Crippen molar-refractivity contribution in [2.45, 2.75) is 32.8 Å². The van der Waals surface area contributed by atoms with E-state index in [9.17, 15) is 4.79 Å². The molecule has 2 N–H and O–H groups in total. The quantitative estimate of drug-likeness (QED) is 0.824. The number of hydrogen-bond acceptors (Lipinski definition) is 3. The number of carbonyl (C=O) groups is 1. The van der Waals surface area contributed by atoms with Crippen molar-refractivity contribution in [3.05, 3.63) is 59.7 Å². The van der Waals surface area contributed by atoms with Crippen molar-refractivity contribution in [3.63, 3.8) is 0 Å². The third kappa shape index (κ3) is 5.11. The second-order valence-electron chi connectivity index (χ2n) is 5.49. The van der Waals surface area contributed by atoms with Gasteiger partial charge in [-0.3, -0.25) is 4.79 Å². The predicted octanol–water partition coefficient (Wildman–Crippen LogP) is 3.33. The highest BCUT2D eigenvalue weighted by Gasteiger charge is 2.18. The zero-order valence-electron chi connectivity index (χ0n) is 13.6. The molecule has 0 spiro atoms. The fourth-order valence-corrected chi connectivity index (χ4v) is 2.28. The normalized spacial score (nSPS) is 11.8. The number of amides is 1. The SMILES string of the molecule is CCC(Oc1cccc(C)c1)C(=O)Nc1ccc(CCO)cc1. The molecule has 2 aromatic carbocycles. The van der Waals surface area contributed by atoms with Crippen molar-refractivity contribution in [1.82, 2.24) is 0 Å². The van der Waals surface area contributed by atoms with E-state index in [0.29, 0.717) is 18.6 Å². The number of benzene rings is 2. The number of aryl methyl sites for hydroxylation is 1. The minimum absolute atomic E-state index is 0.119. The largest absolute Gasteiger partial charge is 0.481 e. The first-order valence-corrected chi connectivity index (χ1v) is 7.86. The maximum atomic E-state index is 12.4. The summed E-state index contributed by atoms with van der Waals surface area (Å²) >= 11 is 0. The summed E-state index contributed by atoms with van der Waals surface area (Å²) in [6.45, 7) is 4.03. The molecule has 0 aliphatic carbocycles. The van der Waals surface area contributed by atoms with Gasteiger partial charge in [-0.05, 0) is 55.2 Å². The molecule has 4 nitrogen and oxygen atoms in total. The van der Waals surface area contributed by atoms with E-state index in [1.807, 2.05) is 62.4 Å². The van der Waals surface area contributed by atoms with Crippen LogP contribution in [0, 0.1) is 6.92 Å². The highest BCUT2D eigenvalue weighted by atomic mass is 16.5. The van der Waals surface area contributed by atoms with Crippen molar-refractivity contribution < 1.29 is 14.6 Å². The minimum Gasteiger partial charge on any atom is -0.481 e. The van der Waals surface area contributed by atoms with Gasteiger partial charge in [-0.15, -0.1) is 0 Å². The van der Waals surface area contributed by atoms with Gasteiger partial charge in [0.05, 0.1) is 0 Å². The molecule has 0 radical (unpaired) electrons. The number of nitrogens with one attached hydrogen (secondary N) is 1. The molecular weight excluding hydrogens is 290 g/mol. The number of aliphatic hydroxyl groups is 1. The number of ether oxygens (including phenoxy) is 1. The fraction of sp³-hybridized carbons (Fsp3) is 0.316. The van der Waals surface area contributed by atoms with Gasteiger partial charge in [0, 0.05) is 12.3 Å². The smallest absolute Gasteiger partial charge is 0.265 e. The van der Waals surface area contributed by atoms with Gasteiger partial charge in [0.25, 0.3) is 5.91 Å². The molecule has 0 heterocycles. The molecule has 0 saturated heterocycles. The summed E-state index contributed by atoms with van der Waals surface area (Å²) in [6, 6.07) is 15.1. The van der Waals surface area contributed by atoms with E-state index in [2.05, 4.69) is 5.32 Å². The highest BCUT2D eigenvalue weighted by Crippen LogP contribution is 2.17. The zero-order chi connectivity index (χ0) is 16.7. The van der Waals surface area contributed by atoms with Gasteiger partial charge < -0.3 is 15.2 Å². The third-order valence-corrected chi connectivity index (χ3v) is 3.55. The minimum atomic E-state index is -0.533. The Bertz CT molecular complexity index is 637. The van der Waals surface area contributed by atoms with Crippen LogP contribution in [0.3, 0.4) is 0 Å². The Morgan fingerprint density at radius 3 is 2.57 bits per heavy atom. The van der Waals surface area contributed by atoms with E-state index in [4.69, 9.17) is 9.84 Å². The van der Waals surface area contributed by atoms with Gasteiger partial charge in [-0.25, -0.2) is 0 Å². The number of hydrogen-bond donors (Lipinski definition) is 2. The van der Waals surface area contributed by atoms with Crippen LogP contribution in [0.25, 0.3) is 0 Å². The van der Waals surface area contributed by atoms with Gasteiger partial charge in [0.2, 0.25) is 0 Å². The lowest BCUT2D eigenvalue weighted by Crippen LogP contribution is -2.32. The lowest BCUT2D eigenvalue weighted by molar-refractivity contribution is -0.122. The molecule has 0 aromatic heterocycles. The van der Waals surface area contributed by atoms with Crippen LogP contribution < -0.4 is 10.1 Å². The second kappa shape index (κ2) is 8.34. The molecule has 0 bridgehead atoms. The molecule has 1 atom stereocenters. The molecule has 122 valence electrons. The monoisotopic (exact) mass is 313 g/mol.